The number of piperidine rings is 1. The Morgan fingerprint density at radius 1 is 1.25 bits per heavy atom. The monoisotopic (exact) mass is 284 g/mol. The van der Waals surface area contributed by atoms with Gasteiger partial charge in [0.05, 0.1) is 0 Å². The Balaban J connectivity index is 2.43. The third-order valence-electron chi connectivity index (χ3n) is 4.12. The largest absolute Gasteiger partial charge is 0.481 e. The van der Waals surface area contributed by atoms with Gasteiger partial charge in [0.2, 0.25) is 0 Å². The molecule has 1 unspecified atom stereocenters. The van der Waals surface area contributed by atoms with E-state index in [1.54, 1.807) is 0 Å². The van der Waals surface area contributed by atoms with Crippen LogP contribution in [0.5, 0.6) is 0 Å². The summed E-state index contributed by atoms with van der Waals surface area (Å²) in [5.41, 5.74) is 0. The smallest absolute Gasteiger partial charge is 0.319 e. The lowest BCUT2D eigenvalue weighted by molar-refractivity contribution is -0.138. The van der Waals surface area contributed by atoms with Crippen molar-refractivity contribution in [2.75, 3.05) is 20.1 Å². The van der Waals surface area contributed by atoms with Gasteiger partial charge in [0, 0.05) is 32.6 Å². The molecule has 20 heavy (non-hydrogen) atoms. The molecule has 1 aliphatic heterocycles. The first kappa shape index (κ1) is 16.8. The van der Waals surface area contributed by atoms with Crippen LogP contribution in [0.2, 0.25) is 0 Å². The number of nitrogens with zero attached hydrogens (tertiary/aromatic N) is 2. The van der Waals surface area contributed by atoms with Crippen molar-refractivity contribution in [1.29, 1.82) is 0 Å². The third-order valence-corrected chi connectivity index (χ3v) is 4.12. The van der Waals surface area contributed by atoms with E-state index in [4.69, 9.17) is 5.11 Å². The number of carbonyl (C=O) groups excluding carboxylic acids is 1. The number of carboxylic acid groups (broad SMARTS) is 1. The summed E-state index contributed by atoms with van der Waals surface area (Å²) >= 11 is 0. The minimum absolute atomic E-state index is 0.0759. The van der Waals surface area contributed by atoms with Crippen LogP contribution < -0.4 is 0 Å². The van der Waals surface area contributed by atoms with E-state index in [9.17, 15) is 9.59 Å². The van der Waals surface area contributed by atoms with Gasteiger partial charge in [-0.25, -0.2) is 4.79 Å². The molecular formula is C15H28N2O3. The van der Waals surface area contributed by atoms with Gasteiger partial charge in [0.25, 0.3) is 0 Å². The first-order chi connectivity index (χ1) is 9.31. The second-order valence-corrected chi connectivity index (χ2v) is 6.40. The van der Waals surface area contributed by atoms with Crippen LogP contribution in [-0.2, 0) is 4.79 Å². The van der Waals surface area contributed by atoms with Crippen molar-refractivity contribution in [3.05, 3.63) is 0 Å². The summed E-state index contributed by atoms with van der Waals surface area (Å²) in [6.07, 6.45) is 2.81. The first-order valence-electron chi connectivity index (χ1n) is 7.54. The Morgan fingerprint density at radius 2 is 1.80 bits per heavy atom. The van der Waals surface area contributed by atoms with Gasteiger partial charge in [-0.2, -0.15) is 0 Å². The normalized spacial score (nSPS) is 18.1. The number of likely N-dealkylation sites (tertiary alicyclic amines) is 1. The molecule has 1 aliphatic rings. The van der Waals surface area contributed by atoms with E-state index in [2.05, 4.69) is 20.8 Å². The molecule has 1 saturated heterocycles. The maximum Gasteiger partial charge on any atom is 0.319 e. The quantitative estimate of drug-likeness (QED) is 0.844. The topological polar surface area (TPSA) is 60.9 Å². The van der Waals surface area contributed by atoms with E-state index in [1.165, 1.54) is 0 Å². The predicted molar refractivity (Wildman–Crippen MR) is 78.6 cm³/mol. The molecule has 1 heterocycles. The molecule has 2 amide bonds. The highest BCUT2D eigenvalue weighted by atomic mass is 16.4. The van der Waals surface area contributed by atoms with Crippen LogP contribution in [-0.4, -0.2) is 53.1 Å². The molecule has 116 valence electrons. The van der Waals surface area contributed by atoms with Crippen molar-refractivity contribution in [2.45, 2.75) is 52.5 Å². The van der Waals surface area contributed by atoms with Gasteiger partial charge < -0.3 is 14.9 Å². The maximum atomic E-state index is 12.4. The van der Waals surface area contributed by atoms with Gasteiger partial charge in [0.1, 0.15) is 0 Å². The molecule has 0 saturated carbocycles. The van der Waals surface area contributed by atoms with E-state index in [0.29, 0.717) is 19.0 Å². The fourth-order valence-electron chi connectivity index (χ4n) is 2.83. The molecule has 1 N–H and O–H groups in total. The van der Waals surface area contributed by atoms with Gasteiger partial charge in [0.15, 0.2) is 0 Å². The lowest BCUT2D eigenvalue weighted by Gasteiger charge is -2.36. The lowest BCUT2D eigenvalue weighted by Crippen LogP contribution is -2.48. The molecule has 0 radical (unpaired) electrons. The fraction of sp³-hybridized carbons (Fsp3) is 0.867. The standard InChI is InChI=1S/C15H28N2O3/c1-11(2)9-12(3)16(4)15(20)17-7-5-13(6-8-17)10-14(18)19/h11-13H,5-10H2,1-4H3,(H,18,19). The number of carboxylic acids is 1. The zero-order valence-corrected chi connectivity index (χ0v) is 13.1. The SMILES string of the molecule is CC(C)CC(C)N(C)C(=O)N1CCC(CC(=O)O)CC1. The van der Waals surface area contributed by atoms with E-state index in [0.717, 1.165) is 19.3 Å². The molecule has 1 fully saturated rings. The van der Waals surface area contributed by atoms with Crippen LogP contribution in [0, 0.1) is 11.8 Å². The number of rotatable bonds is 5. The van der Waals surface area contributed by atoms with Gasteiger partial charge in [-0.05, 0) is 38.0 Å². The van der Waals surface area contributed by atoms with Gasteiger partial charge in [-0.1, -0.05) is 13.8 Å². The molecule has 0 spiro atoms. The zero-order chi connectivity index (χ0) is 15.3. The van der Waals surface area contributed by atoms with Crippen molar-refractivity contribution in [1.82, 2.24) is 9.80 Å². The van der Waals surface area contributed by atoms with E-state index >= 15 is 0 Å². The number of hydrogen-bond acceptors (Lipinski definition) is 2. The minimum Gasteiger partial charge on any atom is -0.481 e. The number of hydrogen-bond donors (Lipinski definition) is 1. The van der Waals surface area contributed by atoms with Crippen LogP contribution in [0.4, 0.5) is 4.79 Å². The van der Waals surface area contributed by atoms with Gasteiger partial charge in [-0.15, -0.1) is 0 Å². The Kier molecular flexibility index (Phi) is 6.30. The lowest BCUT2D eigenvalue weighted by atomic mass is 9.94. The Bertz CT molecular complexity index is 336. The number of aliphatic carboxylic acids is 1. The average Bonchev–Trinajstić information content (AvgIpc) is 2.36. The number of carbonyl (C=O) groups is 2. The van der Waals surface area contributed by atoms with Crippen LogP contribution in [0.15, 0.2) is 0 Å². The molecule has 1 rings (SSSR count). The van der Waals surface area contributed by atoms with Crippen LogP contribution in [0.3, 0.4) is 0 Å². The van der Waals surface area contributed by atoms with E-state index in [1.807, 2.05) is 16.8 Å². The number of amides is 2. The van der Waals surface area contributed by atoms with Gasteiger partial charge in [-0.3, -0.25) is 4.79 Å². The average molecular weight is 284 g/mol. The molecular weight excluding hydrogens is 256 g/mol. The second-order valence-electron chi connectivity index (χ2n) is 6.40. The van der Waals surface area contributed by atoms with Crippen molar-refractivity contribution < 1.29 is 14.7 Å². The molecule has 1 atom stereocenters. The predicted octanol–water partition coefficient (Wildman–Crippen LogP) is 2.66. The van der Waals surface area contributed by atoms with E-state index < -0.39 is 5.97 Å². The number of urea groups is 1. The van der Waals surface area contributed by atoms with Crippen molar-refractivity contribution in [2.24, 2.45) is 11.8 Å². The molecule has 0 aliphatic carbocycles. The summed E-state index contributed by atoms with van der Waals surface area (Å²) in [5.74, 6) is 0.0500. The Morgan fingerprint density at radius 3 is 2.25 bits per heavy atom. The molecule has 0 aromatic carbocycles. The van der Waals surface area contributed by atoms with Crippen LogP contribution in [0.25, 0.3) is 0 Å². The summed E-state index contributed by atoms with van der Waals surface area (Å²) in [4.78, 5) is 26.8. The van der Waals surface area contributed by atoms with Crippen LogP contribution >= 0.6 is 0 Å². The Hall–Kier alpha value is -1.26. The molecule has 0 aromatic rings. The van der Waals surface area contributed by atoms with Crippen LogP contribution in [0.1, 0.15) is 46.5 Å². The van der Waals surface area contributed by atoms with Crippen molar-refractivity contribution in [3.63, 3.8) is 0 Å². The fourth-order valence-corrected chi connectivity index (χ4v) is 2.83. The van der Waals surface area contributed by atoms with Crippen molar-refractivity contribution in [3.8, 4) is 0 Å². The molecule has 0 aromatic heterocycles. The van der Waals surface area contributed by atoms with E-state index in [-0.39, 0.29) is 24.4 Å². The highest BCUT2D eigenvalue weighted by Crippen LogP contribution is 2.22. The molecule has 5 heteroatoms. The molecule has 5 nitrogen and oxygen atoms in total. The third kappa shape index (κ3) is 5.02. The highest BCUT2D eigenvalue weighted by Gasteiger charge is 2.27. The molecule has 0 bridgehead atoms. The highest BCUT2D eigenvalue weighted by molar-refractivity contribution is 5.74. The maximum absolute atomic E-state index is 12.4. The minimum atomic E-state index is -0.738. The summed E-state index contributed by atoms with van der Waals surface area (Å²) in [6, 6.07) is 0.311. The second kappa shape index (κ2) is 7.50. The summed E-state index contributed by atoms with van der Waals surface area (Å²) in [5, 5.41) is 8.80. The summed E-state index contributed by atoms with van der Waals surface area (Å²) in [6.45, 7) is 7.75. The summed E-state index contributed by atoms with van der Waals surface area (Å²) in [7, 11) is 1.86. The zero-order valence-electron chi connectivity index (χ0n) is 13.1. The first-order valence-corrected chi connectivity index (χ1v) is 7.54. The Labute approximate surface area is 121 Å². The van der Waals surface area contributed by atoms with Crippen molar-refractivity contribution >= 4 is 12.0 Å². The summed E-state index contributed by atoms with van der Waals surface area (Å²) < 4.78 is 0. The van der Waals surface area contributed by atoms with Gasteiger partial charge >= 0.3 is 12.0 Å².